The fraction of sp³-hybridized carbons (Fsp3) is 0.258. The van der Waals surface area contributed by atoms with Crippen molar-refractivity contribution in [3.8, 4) is 17.2 Å². The fourth-order valence-electron chi connectivity index (χ4n) is 5.10. The first kappa shape index (κ1) is 26.8. The van der Waals surface area contributed by atoms with Crippen LogP contribution in [0, 0.1) is 6.92 Å². The number of aryl methyl sites for hydroxylation is 1. The normalized spacial score (nSPS) is 16.7. The molecule has 0 radical (unpaired) electrons. The Kier molecular flexibility index (Phi) is 6.97. The number of amides is 1. The number of imidazole rings is 1. The summed E-state index contributed by atoms with van der Waals surface area (Å²) in [6.07, 6.45) is 0. The van der Waals surface area contributed by atoms with Gasteiger partial charge in [-0.15, -0.1) is 0 Å². The minimum Gasteiger partial charge on any atom is -0.507 e. The van der Waals surface area contributed by atoms with Crippen molar-refractivity contribution in [3.63, 3.8) is 0 Å². The topological polar surface area (TPSA) is 114 Å². The van der Waals surface area contributed by atoms with Crippen molar-refractivity contribution < 1.29 is 28.9 Å². The minimum atomic E-state index is -0.994. The van der Waals surface area contributed by atoms with Crippen molar-refractivity contribution in [1.82, 2.24) is 9.97 Å². The Morgan fingerprint density at radius 3 is 2.30 bits per heavy atom. The number of aliphatic hydroxyl groups is 1. The summed E-state index contributed by atoms with van der Waals surface area (Å²) in [5, 5.41) is 11.6. The van der Waals surface area contributed by atoms with Crippen LogP contribution in [0.4, 0.5) is 5.95 Å². The summed E-state index contributed by atoms with van der Waals surface area (Å²) in [5.41, 5.74) is 4.11. The van der Waals surface area contributed by atoms with Crippen LogP contribution in [0.15, 0.2) is 60.2 Å². The van der Waals surface area contributed by atoms with Gasteiger partial charge in [-0.1, -0.05) is 26.0 Å². The lowest BCUT2D eigenvalue weighted by Gasteiger charge is -2.24. The zero-order valence-corrected chi connectivity index (χ0v) is 23.2. The summed E-state index contributed by atoms with van der Waals surface area (Å²) in [6, 6.07) is 15.0. The highest BCUT2D eigenvalue weighted by atomic mass is 16.5. The molecular formula is C31H31N3O6. The SMILES string of the molecule is COc1ccc(C2/C(=C(\O)c3ccc(OC)c(C(C)C)c3)C(=O)C(=O)N2c2nc3ccc(C)cc3[nH]2)cc1OC. The molecule has 1 atom stereocenters. The molecule has 2 N–H and O–H groups in total. The van der Waals surface area contributed by atoms with E-state index in [2.05, 4.69) is 9.97 Å². The lowest BCUT2D eigenvalue weighted by atomic mass is 9.93. The zero-order valence-electron chi connectivity index (χ0n) is 23.2. The molecule has 5 rings (SSSR count). The highest BCUT2D eigenvalue weighted by Crippen LogP contribution is 2.44. The second-order valence-corrected chi connectivity index (χ2v) is 9.98. The molecule has 0 aliphatic carbocycles. The van der Waals surface area contributed by atoms with Gasteiger partial charge in [0.05, 0.1) is 44.0 Å². The molecule has 9 heteroatoms. The summed E-state index contributed by atoms with van der Waals surface area (Å²) in [6.45, 7) is 5.97. The first-order valence-electron chi connectivity index (χ1n) is 12.9. The standard InChI is InChI=1S/C31H31N3O6/c1-16(2)20-14-19(9-11-23(20)38-4)28(35)26-27(18-8-12-24(39-5)25(15-18)40-6)34(30(37)29(26)36)31-32-21-10-7-17(3)13-22(21)33-31/h7-16,27,35H,1-6H3,(H,32,33)/b28-26+. The predicted molar refractivity (Wildman–Crippen MR) is 152 cm³/mol. The smallest absolute Gasteiger partial charge is 0.302 e. The van der Waals surface area contributed by atoms with Crippen LogP contribution >= 0.6 is 0 Å². The van der Waals surface area contributed by atoms with Gasteiger partial charge in [0.25, 0.3) is 5.78 Å². The molecule has 1 unspecified atom stereocenters. The first-order valence-corrected chi connectivity index (χ1v) is 12.9. The fourth-order valence-corrected chi connectivity index (χ4v) is 5.10. The molecule has 9 nitrogen and oxygen atoms in total. The zero-order chi connectivity index (χ0) is 28.7. The highest BCUT2D eigenvalue weighted by molar-refractivity contribution is 6.51. The molecule has 1 aromatic heterocycles. The van der Waals surface area contributed by atoms with Crippen molar-refractivity contribution in [2.24, 2.45) is 0 Å². The maximum atomic E-state index is 13.6. The van der Waals surface area contributed by atoms with Crippen LogP contribution in [0.3, 0.4) is 0 Å². The molecular weight excluding hydrogens is 510 g/mol. The van der Waals surface area contributed by atoms with Crippen LogP contribution in [-0.2, 0) is 9.59 Å². The number of benzene rings is 3. The third-order valence-electron chi connectivity index (χ3n) is 7.15. The average Bonchev–Trinajstić information content (AvgIpc) is 3.49. The molecule has 0 spiro atoms. The lowest BCUT2D eigenvalue weighted by Crippen LogP contribution is -2.30. The van der Waals surface area contributed by atoms with E-state index in [9.17, 15) is 14.7 Å². The second kappa shape index (κ2) is 10.4. The molecule has 1 aliphatic rings. The number of hydrogen-bond donors (Lipinski definition) is 2. The number of hydrogen-bond acceptors (Lipinski definition) is 7. The number of carbonyl (C=O) groups excluding carboxylic acids is 2. The van der Waals surface area contributed by atoms with Gasteiger partial charge < -0.3 is 24.3 Å². The monoisotopic (exact) mass is 541 g/mol. The molecule has 1 amide bonds. The van der Waals surface area contributed by atoms with E-state index in [1.54, 1.807) is 43.5 Å². The Balaban J connectivity index is 1.75. The first-order chi connectivity index (χ1) is 19.2. The van der Waals surface area contributed by atoms with Gasteiger partial charge >= 0.3 is 5.91 Å². The van der Waals surface area contributed by atoms with Crippen molar-refractivity contribution in [3.05, 3.63) is 82.4 Å². The Morgan fingerprint density at radius 2 is 1.62 bits per heavy atom. The van der Waals surface area contributed by atoms with Crippen LogP contribution in [0.1, 0.15) is 48.1 Å². The number of ketones is 1. The predicted octanol–water partition coefficient (Wildman–Crippen LogP) is 5.65. The molecule has 40 heavy (non-hydrogen) atoms. The van der Waals surface area contributed by atoms with E-state index in [0.717, 1.165) is 16.6 Å². The van der Waals surface area contributed by atoms with Crippen molar-refractivity contribution in [2.75, 3.05) is 26.2 Å². The number of rotatable bonds is 7. The van der Waals surface area contributed by atoms with Gasteiger partial charge in [-0.05, 0) is 72.0 Å². The van der Waals surface area contributed by atoms with Gasteiger partial charge in [-0.2, -0.15) is 0 Å². The molecule has 0 bridgehead atoms. The molecule has 206 valence electrons. The number of aromatic nitrogens is 2. The van der Waals surface area contributed by atoms with Crippen LogP contribution in [0.25, 0.3) is 16.8 Å². The molecule has 3 aromatic carbocycles. The van der Waals surface area contributed by atoms with Crippen molar-refractivity contribution in [1.29, 1.82) is 0 Å². The maximum Gasteiger partial charge on any atom is 0.302 e. The van der Waals surface area contributed by atoms with E-state index < -0.39 is 17.7 Å². The van der Waals surface area contributed by atoms with E-state index >= 15 is 0 Å². The summed E-state index contributed by atoms with van der Waals surface area (Å²) < 4.78 is 16.4. The van der Waals surface area contributed by atoms with Gasteiger partial charge in [-0.25, -0.2) is 4.98 Å². The van der Waals surface area contributed by atoms with Gasteiger partial charge in [0.2, 0.25) is 5.95 Å². The van der Waals surface area contributed by atoms with Crippen LogP contribution < -0.4 is 19.1 Å². The number of Topliss-reactive ketones (excluding diaryl/α,β-unsaturated/α-hetero) is 1. The maximum absolute atomic E-state index is 13.6. The van der Waals surface area contributed by atoms with Crippen LogP contribution in [0.2, 0.25) is 0 Å². The van der Waals surface area contributed by atoms with E-state index in [1.165, 1.54) is 19.1 Å². The number of methoxy groups -OCH3 is 3. The molecule has 2 heterocycles. The van der Waals surface area contributed by atoms with Crippen molar-refractivity contribution >= 4 is 34.4 Å². The number of aromatic amines is 1. The largest absolute Gasteiger partial charge is 0.507 e. The quantitative estimate of drug-likeness (QED) is 0.177. The average molecular weight is 542 g/mol. The van der Waals surface area contributed by atoms with Crippen LogP contribution in [-0.4, -0.2) is 48.1 Å². The third kappa shape index (κ3) is 4.43. The van der Waals surface area contributed by atoms with Gasteiger partial charge in [0, 0.05) is 5.56 Å². The summed E-state index contributed by atoms with van der Waals surface area (Å²) in [5.74, 6) is -0.0786. The molecule has 0 saturated carbocycles. The van der Waals surface area contributed by atoms with E-state index in [0.29, 0.717) is 33.9 Å². The van der Waals surface area contributed by atoms with E-state index in [1.807, 2.05) is 39.0 Å². The molecule has 1 fully saturated rings. The molecule has 1 aliphatic heterocycles. The highest BCUT2D eigenvalue weighted by Gasteiger charge is 2.48. The minimum absolute atomic E-state index is 0.0614. The Morgan fingerprint density at radius 1 is 0.925 bits per heavy atom. The Bertz CT molecular complexity index is 1670. The lowest BCUT2D eigenvalue weighted by molar-refractivity contribution is -0.132. The van der Waals surface area contributed by atoms with E-state index in [-0.39, 0.29) is 23.2 Å². The molecule has 1 saturated heterocycles. The Labute approximate surface area is 232 Å². The van der Waals surface area contributed by atoms with Crippen molar-refractivity contribution in [2.45, 2.75) is 32.7 Å². The third-order valence-corrected chi connectivity index (χ3v) is 7.15. The van der Waals surface area contributed by atoms with E-state index in [4.69, 9.17) is 14.2 Å². The number of carbonyl (C=O) groups is 2. The van der Waals surface area contributed by atoms with Gasteiger partial charge in [-0.3, -0.25) is 14.5 Å². The summed E-state index contributed by atoms with van der Waals surface area (Å²) in [7, 11) is 4.61. The number of H-pyrrole nitrogens is 1. The summed E-state index contributed by atoms with van der Waals surface area (Å²) in [4.78, 5) is 36.4. The number of ether oxygens (including phenoxy) is 3. The number of anilines is 1. The number of nitrogens with zero attached hydrogens (tertiary/aromatic N) is 2. The van der Waals surface area contributed by atoms with Gasteiger partial charge in [0.15, 0.2) is 11.5 Å². The Hall–Kier alpha value is -4.79. The number of nitrogens with one attached hydrogen (secondary N) is 1. The summed E-state index contributed by atoms with van der Waals surface area (Å²) >= 11 is 0. The molecule has 4 aromatic rings. The van der Waals surface area contributed by atoms with Gasteiger partial charge in [0.1, 0.15) is 11.5 Å². The number of aliphatic hydroxyl groups excluding tert-OH is 1. The number of fused-ring (bicyclic) bond motifs is 1. The second-order valence-electron chi connectivity index (χ2n) is 9.98. The van der Waals surface area contributed by atoms with Crippen LogP contribution in [0.5, 0.6) is 17.2 Å².